The summed E-state index contributed by atoms with van der Waals surface area (Å²) < 4.78 is 0. The van der Waals surface area contributed by atoms with Gasteiger partial charge in [-0.1, -0.05) is 30.3 Å². The highest BCUT2D eigenvalue weighted by Crippen LogP contribution is 2.32. The predicted octanol–water partition coefficient (Wildman–Crippen LogP) is 3.64. The molecule has 4 rings (SSSR count). The second-order valence-electron chi connectivity index (χ2n) is 7.08. The first-order valence-corrected chi connectivity index (χ1v) is 9.22. The van der Waals surface area contributed by atoms with E-state index < -0.39 is 0 Å². The number of carbonyl (C=O) groups excluding carboxylic acids is 1. The summed E-state index contributed by atoms with van der Waals surface area (Å²) in [5.74, 6) is 0.0944. The average molecular weight is 372 g/mol. The molecule has 3 N–H and O–H groups in total. The summed E-state index contributed by atoms with van der Waals surface area (Å²) in [6.45, 7) is 1.31. The lowest BCUT2D eigenvalue weighted by atomic mass is 9.88. The van der Waals surface area contributed by atoms with Crippen LogP contribution in [0.25, 0.3) is 0 Å². The van der Waals surface area contributed by atoms with Crippen molar-refractivity contribution >= 4 is 29.7 Å². The molecule has 2 aliphatic rings. The second-order valence-corrected chi connectivity index (χ2v) is 7.08. The van der Waals surface area contributed by atoms with Gasteiger partial charge in [0.05, 0.1) is 12.6 Å². The van der Waals surface area contributed by atoms with Crippen LogP contribution < -0.4 is 16.0 Å². The molecule has 2 aromatic rings. The van der Waals surface area contributed by atoms with Crippen molar-refractivity contribution in [2.24, 2.45) is 0 Å². The Kier molecular flexibility index (Phi) is 5.72. The molecule has 0 spiro atoms. The molecule has 0 saturated carbocycles. The van der Waals surface area contributed by atoms with Crippen molar-refractivity contribution in [3.8, 4) is 0 Å². The number of hydrogen-bond donors (Lipinski definition) is 2. The van der Waals surface area contributed by atoms with Crippen LogP contribution in [0.2, 0.25) is 0 Å². The van der Waals surface area contributed by atoms with Crippen molar-refractivity contribution in [3.05, 3.63) is 59.2 Å². The first-order valence-electron chi connectivity index (χ1n) is 9.22. The van der Waals surface area contributed by atoms with Crippen molar-refractivity contribution < 1.29 is 4.79 Å². The van der Waals surface area contributed by atoms with Crippen LogP contribution in [0.4, 0.5) is 11.4 Å². The van der Waals surface area contributed by atoms with Gasteiger partial charge in [-0.05, 0) is 60.9 Å². The normalized spacial score (nSPS) is 18.3. The van der Waals surface area contributed by atoms with Gasteiger partial charge in [-0.25, -0.2) is 0 Å². The van der Waals surface area contributed by atoms with Crippen molar-refractivity contribution in [1.29, 1.82) is 0 Å². The van der Waals surface area contributed by atoms with Gasteiger partial charge in [0.1, 0.15) is 0 Å². The van der Waals surface area contributed by atoms with E-state index in [9.17, 15) is 4.79 Å². The largest absolute Gasteiger partial charge is 0.398 e. The Bertz CT molecular complexity index is 793. The molecular weight excluding hydrogens is 346 g/mol. The van der Waals surface area contributed by atoms with E-state index in [1.54, 1.807) is 0 Å². The fraction of sp³-hybridized carbons (Fsp3) is 0.381. The minimum atomic E-state index is 0. The second kappa shape index (κ2) is 8.00. The monoisotopic (exact) mass is 371 g/mol. The number of rotatable bonds is 3. The summed E-state index contributed by atoms with van der Waals surface area (Å²) in [5.41, 5.74) is 11.9. The maximum Gasteiger partial charge on any atom is 0.240 e. The molecule has 1 aliphatic carbocycles. The Balaban J connectivity index is 0.00000196. The van der Waals surface area contributed by atoms with Crippen LogP contribution in [0.15, 0.2) is 42.5 Å². The molecule has 0 saturated heterocycles. The molecule has 0 aromatic heterocycles. The molecule has 26 heavy (non-hydrogen) atoms. The smallest absolute Gasteiger partial charge is 0.240 e. The lowest BCUT2D eigenvalue weighted by molar-refractivity contribution is -0.120. The van der Waals surface area contributed by atoms with Gasteiger partial charge >= 0.3 is 0 Å². The number of benzene rings is 2. The Hall–Kier alpha value is -2.20. The highest BCUT2D eigenvalue weighted by molar-refractivity contribution is 5.85. The number of aryl methyl sites for hydroxylation is 1. The molecule has 138 valence electrons. The fourth-order valence-electron chi connectivity index (χ4n) is 4.21. The van der Waals surface area contributed by atoms with E-state index in [2.05, 4.69) is 40.5 Å². The van der Waals surface area contributed by atoms with Gasteiger partial charge in [0.15, 0.2) is 0 Å². The molecule has 2 aromatic carbocycles. The van der Waals surface area contributed by atoms with E-state index in [0.29, 0.717) is 6.54 Å². The summed E-state index contributed by atoms with van der Waals surface area (Å²) in [7, 11) is 0. The number of hydrogen-bond acceptors (Lipinski definition) is 3. The average Bonchev–Trinajstić information content (AvgIpc) is 2.63. The Morgan fingerprint density at radius 2 is 1.96 bits per heavy atom. The summed E-state index contributed by atoms with van der Waals surface area (Å²) in [5, 5.41) is 3.26. The van der Waals surface area contributed by atoms with Crippen LogP contribution in [-0.2, 0) is 17.6 Å². The standard InChI is InChI=1S/C21H25N3O.ClH/c22-18-10-4-12-20-17(18)9-5-13-24(20)14-21(25)23-19-11-3-7-15-6-1-2-8-16(15)19;/h1-2,4,6,8,10,12,19H,3,5,7,9,11,13-14,22H2,(H,23,25);1H. The number of fused-ring (bicyclic) bond motifs is 2. The molecule has 0 fully saturated rings. The van der Waals surface area contributed by atoms with Crippen LogP contribution in [0.5, 0.6) is 0 Å². The first-order chi connectivity index (χ1) is 12.2. The molecule has 5 heteroatoms. The zero-order valence-corrected chi connectivity index (χ0v) is 15.7. The third-order valence-corrected chi connectivity index (χ3v) is 5.42. The van der Waals surface area contributed by atoms with E-state index in [4.69, 9.17) is 5.73 Å². The topological polar surface area (TPSA) is 58.4 Å². The minimum Gasteiger partial charge on any atom is -0.398 e. The Morgan fingerprint density at radius 3 is 2.85 bits per heavy atom. The lowest BCUT2D eigenvalue weighted by Crippen LogP contribution is -2.41. The van der Waals surface area contributed by atoms with E-state index in [1.807, 2.05) is 12.1 Å². The zero-order chi connectivity index (χ0) is 17.2. The Morgan fingerprint density at radius 1 is 1.12 bits per heavy atom. The number of nitrogen functional groups attached to an aromatic ring is 1. The highest BCUT2D eigenvalue weighted by Gasteiger charge is 2.24. The van der Waals surface area contributed by atoms with Crippen molar-refractivity contribution in [2.75, 3.05) is 23.7 Å². The molecule has 1 amide bonds. The molecule has 0 radical (unpaired) electrons. The summed E-state index contributed by atoms with van der Waals surface area (Å²) >= 11 is 0. The van der Waals surface area contributed by atoms with E-state index in [1.165, 1.54) is 16.7 Å². The number of nitrogens with one attached hydrogen (secondary N) is 1. The molecule has 4 nitrogen and oxygen atoms in total. The van der Waals surface area contributed by atoms with Gasteiger partial charge in [-0.15, -0.1) is 12.4 Å². The molecule has 1 atom stereocenters. The van der Waals surface area contributed by atoms with Gasteiger partial charge < -0.3 is 16.0 Å². The van der Waals surface area contributed by atoms with E-state index >= 15 is 0 Å². The van der Waals surface area contributed by atoms with Crippen LogP contribution in [-0.4, -0.2) is 19.0 Å². The fourth-order valence-corrected chi connectivity index (χ4v) is 4.21. The van der Waals surface area contributed by atoms with Crippen LogP contribution in [0, 0.1) is 0 Å². The quantitative estimate of drug-likeness (QED) is 0.810. The first kappa shape index (κ1) is 18.6. The number of anilines is 2. The summed E-state index contributed by atoms with van der Waals surface area (Å²) in [6.07, 6.45) is 5.30. The van der Waals surface area contributed by atoms with Crippen molar-refractivity contribution in [2.45, 2.75) is 38.1 Å². The van der Waals surface area contributed by atoms with E-state index in [0.717, 1.165) is 50.0 Å². The van der Waals surface area contributed by atoms with Crippen LogP contribution >= 0.6 is 12.4 Å². The van der Waals surface area contributed by atoms with Gasteiger partial charge in [0.25, 0.3) is 0 Å². The SMILES string of the molecule is Cl.Nc1cccc2c1CCCN2CC(=O)NC1CCCc2ccccc21. The predicted molar refractivity (Wildman–Crippen MR) is 109 cm³/mol. The highest BCUT2D eigenvalue weighted by atomic mass is 35.5. The maximum absolute atomic E-state index is 12.7. The molecule has 1 unspecified atom stereocenters. The van der Waals surface area contributed by atoms with Gasteiger partial charge in [0.2, 0.25) is 5.91 Å². The third kappa shape index (κ3) is 3.65. The summed E-state index contributed by atoms with van der Waals surface area (Å²) in [6, 6.07) is 14.6. The summed E-state index contributed by atoms with van der Waals surface area (Å²) in [4.78, 5) is 14.9. The number of carbonyl (C=O) groups is 1. The van der Waals surface area contributed by atoms with E-state index in [-0.39, 0.29) is 24.4 Å². The molecular formula is C21H26ClN3O. The lowest BCUT2D eigenvalue weighted by Gasteiger charge is -2.32. The number of halogens is 1. The van der Waals surface area contributed by atoms with Gasteiger partial charge in [-0.3, -0.25) is 4.79 Å². The van der Waals surface area contributed by atoms with Crippen molar-refractivity contribution in [3.63, 3.8) is 0 Å². The molecule has 1 aliphatic heterocycles. The van der Waals surface area contributed by atoms with Crippen LogP contribution in [0.3, 0.4) is 0 Å². The van der Waals surface area contributed by atoms with Gasteiger partial charge in [0, 0.05) is 17.9 Å². The number of amides is 1. The third-order valence-electron chi connectivity index (χ3n) is 5.42. The number of nitrogens with zero attached hydrogens (tertiary/aromatic N) is 1. The Labute approximate surface area is 161 Å². The zero-order valence-electron chi connectivity index (χ0n) is 14.9. The minimum absolute atomic E-state index is 0. The number of nitrogens with two attached hydrogens (primary N) is 1. The van der Waals surface area contributed by atoms with Gasteiger partial charge in [-0.2, -0.15) is 0 Å². The molecule has 1 heterocycles. The van der Waals surface area contributed by atoms with Crippen molar-refractivity contribution in [1.82, 2.24) is 5.32 Å². The molecule has 0 bridgehead atoms. The van der Waals surface area contributed by atoms with Crippen LogP contribution in [0.1, 0.15) is 42.0 Å². The maximum atomic E-state index is 12.7.